The van der Waals surface area contributed by atoms with Gasteiger partial charge in [0.1, 0.15) is 11.8 Å². The Balaban J connectivity index is 1.84. The van der Waals surface area contributed by atoms with Crippen LogP contribution in [-0.4, -0.2) is 31.1 Å². The van der Waals surface area contributed by atoms with Crippen molar-refractivity contribution in [3.05, 3.63) is 24.3 Å². The molecule has 0 aromatic heterocycles. The third-order valence-electron chi connectivity index (χ3n) is 3.80. The van der Waals surface area contributed by atoms with Crippen LogP contribution in [-0.2, 0) is 4.79 Å². The minimum atomic E-state index is -0.588. The second-order valence-electron chi connectivity index (χ2n) is 5.51. The van der Waals surface area contributed by atoms with Gasteiger partial charge in [0, 0.05) is 6.04 Å². The second-order valence-corrected chi connectivity index (χ2v) is 5.51. The summed E-state index contributed by atoms with van der Waals surface area (Å²) in [5.74, 6) is 0.419. The standard InChI is InChI=1S/C16H23N3O3/c1-11(15(20)18-12-7-3-4-8-12)17-16(21)19-13-9-5-6-10-14(13)22-2/h5-6,9-12H,3-4,7-8H2,1-2H3,(H,18,20)(H2,17,19,21)/t11-/m0/s1. The lowest BCUT2D eigenvalue weighted by Crippen LogP contribution is -2.48. The molecule has 0 radical (unpaired) electrons. The largest absolute Gasteiger partial charge is 0.495 e. The van der Waals surface area contributed by atoms with Crippen molar-refractivity contribution in [3.63, 3.8) is 0 Å². The molecule has 1 aliphatic rings. The number of carbonyl (C=O) groups excluding carboxylic acids is 2. The third kappa shape index (κ3) is 4.38. The highest BCUT2D eigenvalue weighted by molar-refractivity contribution is 5.94. The van der Waals surface area contributed by atoms with Crippen LogP contribution in [0.5, 0.6) is 5.75 Å². The molecule has 3 N–H and O–H groups in total. The second kappa shape index (κ2) is 7.68. The summed E-state index contributed by atoms with van der Waals surface area (Å²) in [6, 6.07) is 6.34. The van der Waals surface area contributed by atoms with Crippen LogP contribution in [0.1, 0.15) is 32.6 Å². The highest BCUT2D eigenvalue weighted by Crippen LogP contribution is 2.22. The third-order valence-corrected chi connectivity index (χ3v) is 3.80. The fourth-order valence-corrected chi connectivity index (χ4v) is 2.56. The minimum absolute atomic E-state index is 0.151. The summed E-state index contributed by atoms with van der Waals surface area (Å²) in [5.41, 5.74) is 0.561. The molecule has 2 rings (SSSR count). The molecule has 1 aromatic rings. The summed E-state index contributed by atoms with van der Waals surface area (Å²) in [6.07, 6.45) is 4.35. The van der Waals surface area contributed by atoms with E-state index in [9.17, 15) is 9.59 Å². The van der Waals surface area contributed by atoms with Crippen molar-refractivity contribution in [1.82, 2.24) is 10.6 Å². The van der Waals surface area contributed by atoms with Gasteiger partial charge in [-0.1, -0.05) is 25.0 Å². The first-order chi connectivity index (χ1) is 10.6. The molecule has 0 aliphatic heterocycles. The molecule has 0 saturated heterocycles. The number of para-hydroxylation sites is 2. The number of ether oxygens (including phenoxy) is 1. The van der Waals surface area contributed by atoms with E-state index in [0.29, 0.717) is 11.4 Å². The number of amides is 3. The first kappa shape index (κ1) is 16.1. The van der Waals surface area contributed by atoms with E-state index in [4.69, 9.17) is 4.74 Å². The van der Waals surface area contributed by atoms with E-state index in [1.807, 2.05) is 6.07 Å². The van der Waals surface area contributed by atoms with Gasteiger partial charge in [-0.25, -0.2) is 4.79 Å². The molecule has 0 unspecified atom stereocenters. The SMILES string of the molecule is COc1ccccc1NC(=O)N[C@@H](C)C(=O)NC1CCCC1. The molecular weight excluding hydrogens is 282 g/mol. The molecule has 22 heavy (non-hydrogen) atoms. The van der Waals surface area contributed by atoms with E-state index in [-0.39, 0.29) is 11.9 Å². The quantitative estimate of drug-likeness (QED) is 0.780. The Morgan fingerprint density at radius 2 is 1.91 bits per heavy atom. The zero-order valence-corrected chi connectivity index (χ0v) is 13.0. The van der Waals surface area contributed by atoms with Gasteiger partial charge in [-0.3, -0.25) is 4.79 Å². The van der Waals surface area contributed by atoms with Crippen LogP contribution in [0.25, 0.3) is 0 Å². The van der Waals surface area contributed by atoms with Gasteiger partial charge in [0.25, 0.3) is 0 Å². The number of hydrogen-bond donors (Lipinski definition) is 3. The van der Waals surface area contributed by atoms with Crippen LogP contribution in [0.2, 0.25) is 0 Å². The van der Waals surface area contributed by atoms with Crippen LogP contribution in [0, 0.1) is 0 Å². The van der Waals surface area contributed by atoms with Crippen molar-refractivity contribution >= 4 is 17.6 Å². The Labute approximate surface area is 130 Å². The molecule has 1 aliphatic carbocycles. The number of methoxy groups -OCH3 is 1. The van der Waals surface area contributed by atoms with Crippen LogP contribution in [0.3, 0.4) is 0 Å². The average Bonchev–Trinajstić information content (AvgIpc) is 3.00. The number of carbonyl (C=O) groups is 2. The normalized spacial score (nSPS) is 15.9. The maximum atomic E-state index is 12.0. The summed E-state index contributed by atoms with van der Waals surface area (Å²) >= 11 is 0. The van der Waals surface area contributed by atoms with Gasteiger partial charge in [-0.15, -0.1) is 0 Å². The predicted molar refractivity (Wildman–Crippen MR) is 85.0 cm³/mol. The monoisotopic (exact) mass is 305 g/mol. The molecule has 1 aromatic carbocycles. The molecule has 1 fully saturated rings. The van der Waals surface area contributed by atoms with Crippen molar-refractivity contribution in [1.29, 1.82) is 0 Å². The molecule has 0 spiro atoms. The minimum Gasteiger partial charge on any atom is -0.495 e. The number of urea groups is 1. The molecule has 6 nitrogen and oxygen atoms in total. The van der Waals surface area contributed by atoms with E-state index < -0.39 is 12.1 Å². The van der Waals surface area contributed by atoms with Gasteiger partial charge in [-0.2, -0.15) is 0 Å². The van der Waals surface area contributed by atoms with Gasteiger partial charge in [0.2, 0.25) is 5.91 Å². The highest BCUT2D eigenvalue weighted by atomic mass is 16.5. The molecule has 3 amide bonds. The fourth-order valence-electron chi connectivity index (χ4n) is 2.56. The lowest BCUT2D eigenvalue weighted by atomic mass is 10.2. The Morgan fingerprint density at radius 3 is 2.59 bits per heavy atom. The molecular formula is C16H23N3O3. The van der Waals surface area contributed by atoms with E-state index in [0.717, 1.165) is 25.7 Å². The summed E-state index contributed by atoms with van der Waals surface area (Å²) in [7, 11) is 1.54. The van der Waals surface area contributed by atoms with Gasteiger partial charge >= 0.3 is 6.03 Å². The Kier molecular flexibility index (Phi) is 5.63. The maximum Gasteiger partial charge on any atom is 0.319 e. The maximum absolute atomic E-state index is 12.0. The number of nitrogens with one attached hydrogen (secondary N) is 3. The fraction of sp³-hybridized carbons (Fsp3) is 0.500. The lowest BCUT2D eigenvalue weighted by Gasteiger charge is -2.18. The van der Waals surface area contributed by atoms with Crippen LogP contribution in [0.15, 0.2) is 24.3 Å². The van der Waals surface area contributed by atoms with Crippen LogP contribution in [0.4, 0.5) is 10.5 Å². The average molecular weight is 305 g/mol. The zero-order valence-electron chi connectivity index (χ0n) is 13.0. The summed E-state index contributed by atoms with van der Waals surface area (Å²) < 4.78 is 5.17. The van der Waals surface area contributed by atoms with E-state index in [1.54, 1.807) is 25.1 Å². The van der Waals surface area contributed by atoms with Gasteiger partial charge in [0.05, 0.1) is 12.8 Å². The topological polar surface area (TPSA) is 79.5 Å². The number of hydrogen-bond acceptors (Lipinski definition) is 3. The summed E-state index contributed by atoms with van der Waals surface area (Å²) in [5, 5.41) is 8.29. The van der Waals surface area contributed by atoms with Crippen LogP contribution >= 0.6 is 0 Å². The first-order valence-corrected chi connectivity index (χ1v) is 7.61. The summed E-state index contributed by atoms with van der Waals surface area (Å²) in [4.78, 5) is 24.0. The number of benzene rings is 1. The van der Waals surface area contributed by atoms with Crippen molar-refractivity contribution < 1.29 is 14.3 Å². The molecule has 1 atom stereocenters. The van der Waals surface area contributed by atoms with Gasteiger partial charge in [-0.05, 0) is 31.9 Å². The smallest absolute Gasteiger partial charge is 0.319 e. The lowest BCUT2D eigenvalue weighted by molar-refractivity contribution is -0.123. The van der Waals surface area contributed by atoms with E-state index in [1.165, 1.54) is 7.11 Å². The van der Waals surface area contributed by atoms with Crippen molar-refractivity contribution in [2.24, 2.45) is 0 Å². The Morgan fingerprint density at radius 1 is 1.23 bits per heavy atom. The van der Waals surface area contributed by atoms with Gasteiger partial charge < -0.3 is 20.7 Å². The predicted octanol–water partition coefficient (Wildman–Crippen LogP) is 2.26. The Hall–Kier alpha value is -2.24. The molecule has 6 heteroatoms. The molecule has 0 bridgehead atoms. The molecule has 120 valence electrons. The number of anilines is 1. The van der Waals surface area contributed by atoms with E-state index in [2.05, 4.69) is 16.0 Å². The Bertz CT molecular complexity index is 527. The molecule has 1 saturated carbocycles. The van der Waals surface area contributed by atoms with Crippen LogP contribution < -0.4 is 20.7 Å². The molecule has 0 heterocycles. The highest BCUT2D eigenvalue weighted by Gasteiger charge is 2.21. The number of rotatable bonds is 5. The van der Waals surface area contributed by atoms with Gasteiger partial charge in [0.15, 0.2) is 0 Å². The van der Waals surface area contributed by atoms with Crippen molar-refractivity contribution in [3.8, 4) is 5.75 Å². The van der Waals surface area contributed by atoms with Crippen molar-refractivity contribution in [2.75, 3.05) is 12.4 Å². The van der Waals surface area contributed by atoms with Crippen molar-refractivity contribution in [2.45, 2.75) is 44.7 Å². The summed E-state index contributed by atoms with van der Waals surface area (Å²) in [6.45, 7) is 1.67. The first-order valence-electron chi connectivity index (χ1n) is 7.61. The van der Waals surface area contributed by atoms with E-state index >= 15 is 0 Å². The zero-order chi connectivity index (χ0) is 15.9.